The number of Topliss-reactive ketones (excluding diaryl/α,β-unsaturated/α-hetero) is 1. The van der Waals surface area contributed by atoms with Gasteiger partial charge in [0.25, 0.3) is 0 Å². The molecule has 0 heterocycles. The molecule has 0 aromatic rings. The first-order chi connectivity index (χ1) is 3.81. The predicted molar refractivity (Wildman–Crippen MR) is 41.8 cm³/mol. The van der Waals surface area contributed by atoms with Crippen molar-refractivity contribution in [3.63, 3.8) is 0 Å². The van der Waals surface area contributed by atoms with E-state index in [1.54, 1.807) is 23.5 Å². The second kappa shape index (κ2) is 5.51. The smallest absolute Gasteiger partial charge is 0.152 e. The van der Waals surface area contributed by atoms with Crippen LogP contribution in [0.3, 0.4) is 0 Å². The zero-order valence-electron chi connectivity index (χ0n) is 5.14. The van der Waals surface area contributed by atoms with Gasteiger partial charge in [0.05, 0.1) is 11.5 Å². The molecular formula is C5H10OS2. The SMILES string of the molecule is CSCC(=O)CSC. The lowest BCUT2D eigenvalue weighted by molar-refractivity contribution is -0.114. The van der Waals surface area contributed by atoms with Crippen molar-refractivity contribution in [3.05, 3.63) is 0 Å². The van der Waals surface area contributed by atoms with Gasteiger partial charge in [0.1, 0.15) is 0 Å². The van der Waals surface area contributed by atoms with Gasteiger partial charge in [-0.15, -0.1) is 0 Å². The molecule has 0 N–H and O–H groups in total. The Morgan fingerprint density at radius 3 is 1.88 bits per heavy atom. The monoisotopic (exact) mass is 150 g/mol. The summed E-state index contributed by atoms with van der Waals surface area (Å²) in [7, 11) is 0. The minimum absolute atomic E-state index is 0.338. The highest BCUT2D eigenvalue weighted by Crippen LogP contribution is 1.97. The first-order valence-electron chi connectivity index (χ1n) is 2.31. The van der Waals surface area contributed by atoms with Gasteiger partial charge in [-0.25, -0.2) is 0 Å². The lowest BCUT2D eigenvalue weighted by atomic mass is 10.5. The van der Waals surface area contributed by atoms with Crippen LogP contribution < -0.4 is 0 Å². The first kappa shape index (κ1) is 8.37. The topological polar surface area (TPSA) is 17.1 Å². The van der Waals surface area contributed by atoms with Gasteiger partial charge >= 0.3 is 0 Å². The number of carbonyl (C=O) groups excluding carboxylic acids is 1. The molecule has 0 saturated carbocycles. The molecule has 3 heteroatoms. The van der Waals surface area contributed by atoms with Crippen LogP contribution in [0.2, 0.25) is 0 Å². The average Bonchev–Trinajstić information content (AvgIpc) is 1.68. The van der Waals surface area contributed by atoms with E-state index >= 15 is 0 Å². The van der Waals surface area contributed by atoms with Crippen LogP contribution in [0.4, 0.5) is 0 Å². The summed E-state index contributed by atoms with van der Waals surface area (Å²) >= 11 is 3.17. The van der Waals surface area contributed by atoms with Crippen LogP contribution in [0.25, 0.3) is 0 Å². The van der Waals surface area contributed by atoms with Crippen LogP contribution in [0, 0.1) is 0 Å². The number of hydrogen-bond donors (Lipinski definition) is 0. The normalized spacial score (nSPS) is 9.25. The Morgan fingerprint density at radius 1 is 1.25 bits per heavy atom. The summed E-state index contributed by atoms with van der Waals surface area (Å²) in [6.45, 7) is 0. The maximum atomic E-state index is 10.6. The summed E-state index contributed by atoms with van der Waals surface area (Å²) in [6, 6.07) is 0. The number of hydrogen-bond acceptors (Lipinski definition) is 3. The summed E-state index contributed by atoms with van der Waals surface area (Å²) in [4.78, 5) is 10.6. The Labute approximate surface area is 58.6 Å². The van der Waals surface area contributed by atoms with Crippen molar-refractivity contribution in [3.8, 4) is 0 Å². The van der Waals surface area contributed by atoms with Crippen molar-refractivity contribution in [1.82, 2.24) is 0 Å². The van der Waals surface area contributed by atoms with Crippen molar-refractivity contribution < 1.29 is 4.79 Å². The van der Waals surface area contributed by atoms with Gasteiger partial charge < -0.3 is 0 Å². The summed E-state index contributed by atoms with van der Waals surface area (Å²) < 4.78 is 0. The van der Waals surface area contributed by atoms with E-state index in [9.17, 15) is 4.79 Å². The molecule has 0 aliphatic heterocycles. The maximum absolute atomic E-state index is 10.6. The second-order valence-electron chi connectivity index (χ2n) is 1.40. The summed E-state index contributed by atoms with van der Waals surface area (Å²) in [6.07, 6.45) is 3.89. The molecule has 0 aromatic carbocycles. The molecule has 0 radical (unpaired) electrons. The Balaban J connectivity index is 3.06. The van der Waals surface area contributed by atoms with E-state index in [0.717, 1.165) is 0 Å². The fourth-order valence-corrected chi connectivity index (χ4v) is 1.34. The number of thioether (sulfide) groups is 2. The molecule has 48 valence electrons. The number of ketones is 1. The van der Waals surface area contributed by atoms with E-state index in [0.29, 0.717) is 17.3 Å². The number of carbonyl (C=O) groups is 1. The van der Waals surface area contributed by atoms with Crippen molar-refractivity contribution in [1.29, 1.82) is 0 Å². The first-order valence-corrected chi connectivity index (χ1v) is 5.09. The molecule has 0 spiro atoms. The maximum Gasteiger partial charge on any atom is 0.152 e. The Bertz CT molecular complexity index is 64.8. The van der Waals surface area contributed by atoms with Gasteiger partial charge in [-0.2, -0.15) is 23.5 Å². The minimum Gasteiger partial charge on any atom is -0.298 e. The standard InChI is InChI=1S/C5H10OS2/c1-7-3-5(6)4-8-2/h3-4H2,1-2H3. The molecule has 0 bridgehead atoms. The molecule has 0 saturated heterocycles. The van der Waals surface area contributed by atoms with Gasteiger partial charge in [-0.1, -0.05) is 0 Å². The third kappa shape index (κ3) is 4.53. The fourth-order valence-electron chi connectivity index (χ4n) is 0.364. The lowest BCUT2D eigenvalue weighted by Crippen LogP contribution is -2.02. The van der Waals surface area contributed by atoms with Crippen LogP contribution in [0.1, 0.15) is 0 Å². The second-order valence-corrected chi connectivity index (χ2v) is 3.14. The molecule has 0 atom stereocenters. The predicted octanol–water partition coefficient (Wildman–Crippen LogP) is 1.28. The lowest BCUT2D eigenvalue weighted by Gasteiger charge is -1.91. The molecular weight excluding hydrogens is 140 g/mol. The van der Waals surface area contributed by atoms with E-state index < -0.39 is 0 Å². The third-order valence-corrected chi connectivity index (χ3v) is 1.83. The highest BCUT2D eigenvalue weighted by atomic mass is 32.2. The Kier molecular flexibility index (Phi) is 5.76. The highest BCUT2D eigenvalue weighted by molar-refractivity contribution is 8.00. The average molecular weight is 150 g/mol. The van der Waals surface area contributed by atoms with Crippen LogP contribution in [-0.2, 0) is 4.79 Å². The fraction of sp³-hybridized carbons (Fsp3) is 0.800. The van der Waals surface area contributed by atoms with Gasteiger partial charge in [-0.3, -0.25) is 4.79 Å². The summed E-state index contributed by atoms with van der Waals surface area (Å²) in [5.41, 5.74) is 0. The van der Waals surface area contributed by atoms with E-state index in [1.165, 1.54) is 0 Å². The summed E-state index contributed by atoms with van der Waals surface area (Å²) in [5, 5.41) is 0. The molecule has 0 amide bonds. The molecule has 1 nitrogen and oxygen atoms in total. The van der Waals surface area contributed by atoms with E-state index in [4.69, 9.17) is 0 Å². The third-order valence-electron chi connectivity index (χ3n) is 0.611. The molecule has 0 aliphatic rings. The van der Waals surface area contributed by atoms with Crippen molar-refractivity contribution >= 4 is 29.3 Å². The molecule has 0 fully saturated rings. The van der Waals surface area contributed by atoms with E-state index in [2.05, 4.69) is 0 Å². The van der Waals surface area contributed by atoms with Crippen molar-refractivity contribution in [2.45, 2.75) is 0 Å². The Hall–Kier alpha value is 0.370. The van der Waals surface area contributed by atoms with Crippen molar-refractivity contribution in [2.75, 3.05) is 24.0 Å². The highest BCUT2D eigenvalue weighted by Gasteiger charge is 1.95. The minimum atomic E-state index is 0.338. The van der Waals surface area contributed by atoms with Crippen LogP contribution in [0.5, 0.6) is 0 Å². The van der Waals surface area contributed by atoms with E-state index in [-0.39, 0.29) is 0 Å². The van der Waals surface area contributed by atoms with Crippen molar-refractivity contribution in [2.24, 2.45) is 0 Å². The largest absolute Gasteiger partial charge is 0.298 e. The van der Waals surface area contributed by atoms with Gasteiger partial charge in [0, 0.05) is 0 Å². The molecule has 8 heavy (non-hydrogen) atoms. The Morgan fingerprint density at radius 2 is 1.62 bits per heavy atom. The molecule has 0 aromatic heterocycles. The summed E-state index contributed by atoms with van der Waals surface area (Å²) in [5.74, 6) is 1.67. The van der Waals surface area contributed by atoms with Crippen LogP contribution in [-0.4, -0.2) is 29.8 Å². The molecule has 0 aliphatic carbocycles. The quantitative estimate of drug-likeness (QED) is 0.601. The van der Waals surface area contributed by atoms with Gasteiger partial charge in [-0.05, 0) is 12.5 Å². The zero-order valence-corrected chi connectivity index (χ0v) is 6.77. The molecule has 0 rings (SSSR count). The number of rotatable bonds is 4. The van der Waals surface area contributed by atoms with Gasteiger partial charge in [0.2, 0.25) is 0 Å². The van der Waals surface area contributed by atoms with Gasteiger partial charge in [0.15, 0.2) is 5.78 Å². The van der Waals surface area contributed by atoms with Crippen LogP contribution in [0.15, 0.2) is 0 Å². The zero-order chi connectivity index (χ0) is 6.41. The van der Waals surface area contributed by atoms with E-state index in [1.807, 2.05) is 12.5 Å². The molecule has 0 unspecified atom stereocenters. The van der Waals surface area contributed by atoms with Crippen LogP contribution >= 0.6 is 23.5 Å².